The number of nitriles is 1. The van der Waals surface area contributed by atoms with Gasteiger partial charge in [0.05, 0.1) is 23.4 Å². The second-order valence-corrected chi connectivity index (χ2v) is 7.99. The summed E-state index contributed by atoms with van der Waals surface area (Å²) >= 11 is 0. The van der Waals surface area contributed by atoms with Gasteiger partial charge in [-0.25, -0.2) is 0 Å². The van der Waals surface area contributed by atoms with Crippen LogP contribution in [0.4, 0.5) is 11.4 Å². The SMILES string of the molecule is CCOC1CCC(C)(N2CCC(Nc3cc(C#N)ccc3N=O)CC2)CC1. The predicted octanol–water partition coefficient (Wildman–Crippen LogP) is 4.57. The van der Waals surface area contributed by atoms with Crippen molar-refractivity contribution >= 4 is 11.4 Å². The van der Waals surface area contributed by atoms with Crippen LogP contribution in [0.15, 0.2) is 23.4 Å². The average molecular weight is 370 g/mol. The van der Waals surface area contributed by atoms with E-state index in [-0.39, 0.29) is 5.54 Å². The Hall–Kier alpha value is -1.97. The smallest absolute Gasteiger partial charge is 0.131 e. The van der Waals surface area contributed by atoms with Gasteiger partial charge in [0.2, 0.25) is 0 Å². The summed E-state index contributed by atoms with van der Waals surface area (Å²) in [5.41, 5.74) is 1.86. The molecule has 0 aromatic heterocycles. The highest BCUT2D eigenvalue weighted by Gasteiger charge is 2.38. The van der Waals surface area contributed by atoms with Crippen LogP contribution in [-0.4, -0.2) is 42.3 Å². The molecule has 6 nitrogen and oxygen atoms in total. The molecule has 0 radical (unpaired) electrons. The van der Waals surface area contributed by atoms with Crippen molar-refractivity contribution in [2.45, 2.75) is 70.1 Å². The second-order valence-electron chi connectivity index (χ2n) is 7.99. The standard InChI is InChI=1S/C21H30N4O2/c1-3-27-18-6-10-21(2,11-7-18)25-12-8-17(9-13-25)23-20-14-16(15-22)4-5-19(20)24-26/h4-5,14,17-18,23H,3,6-13H2,1-2H3. The van der Waals surface area contributed by atoms with E-state index in [1.54, 1.807) is 18.2 Å². The average Bonchev–Trinajstić information content (AvgIpc) is 2.70. The van der Waals surface area contributed by atoms with Crippen LogP contribution >= 0.6 is 0 Å². The lowest BCUT2D eigenvalue weighted by atomic mass is 9.79. The molecule has 1 saturated heterocycles. The fraction of sp³-hybridized carbons (Fsp3) is 0.667. The van der Waals surface area contributed by atoms with Crippen LogP contribution in [0.3, 0.4) is 0 Å². The first-order valence-corrected chi connectivity index (χ1v) is 10.1. The third-order valence-electron chi connectivity index (χ3n) is 6.25. The van der Waals surface area contributed by atoms with Crippen molar-refractivity contribution in [2.75, 3.05) is 25.0 Å². The molecule has 6 heteroatoms. The summed E-state index contributed by atoms with van der Waals surface area (Å²) in [6.07, 6.45) is 7.18. The maximum Gasteiger partial charge on any atom is 0.131 e. The third kappa shape index (κ3) is 4.66. The minimum atomic E-state index is 0.273. The van der Waals surface area contributed by atoms with Crippen molar-refractivity contribution in [3.63, 3.8) is 0 Å². The Morgan fingerprint density at radius 1 is 1.30 bits per heavy atom. The first kappa shape index (κ1) is 19.8. The summed E-state index contributed by atoms with van der Waals surface area (Å²) in [7, 11) is 0. The van der Waals surface area contributed by atoms with E-state index in [9.17, 15) is 4.91 Å². The molecule has 146 valence electrons. The number of rotatable bonds is 6. The largest absolute Gasteiger partial charge is 0.380 e. The van der Waals surface area contributed by atoms with Gasteiger partial charge in [-0.15, -0.1) is 4.91 Å². The van der Waals surface area contributed by atoms with Crippen molar-refractivity contribution in [1.82, 2.24) is 4.90 Å². The molecule has 1 aromatic carbocycles. The molecule has 1 aliphatic carbocycles. The highest BCUT2D eigenvalue weighted by atomic mass is 16.5. The van der Waals surface area contributed by atoms with Gasteiger partial charge in [-0.1, -0.05) is 0 Å². The number of benzene rings is 1. The Morgan fingerprint density at radius 2 is 2.00 bits per heavy atom. The van der Waals surface area contributed by atoms with Crippen LogP contribution in [0.1, 0.15) is 57.9 Å². The van der Waals surface area contributed by atoms with E-state index >= 15 is 0 Å². The van der Waals surface area contributed by atoms with E-state index in [0.29, 0.717) is 29.1 Å². The first-order chi connectivity index (χ1) is 13.1. The molecule has 27 heavy (non-hydrogen) atoms. The molecule has 2 fully saturated rings. The lowest BCUT2D eigenvalue weighted by molar-refractivity contribution is -0.0242. The lowest BCUT2D eigenvalue weighted by Crippen LogP contribution is -2.53. The van der Waals surface area contributed by atoms with Gasteiger partial charge in [0, 0.05) is 31.3 Å². The van der Waals surface area contributed by atoms with Gasteiger partial charge < -0.3 is 10.1 Å². The maximum absolute atomic E-state index is 11.1. The predicted molar refractivity (Wildman–Crippen MR) is 107 cm³/mol. The summed E-state index contributed by atoms with van der Waals surface area (Å²) in [6.45, 7) is 7.38. The number of hydrogen-bond donors (Lipinski definition) is 1. The van der Waals surface area contributed by atoms with Gasteiger partial charge in [0.25, 0.3) is 0 Å². The van der Waals surface area contributed by atoms with Gasteiger partial charge >= 0.3 is 0 Å². The van der Waals surface area contributed by atoms with Crippen molar-refractivity contribution in [1.29, 1.82) is 5.26 Å². The number of hydrogen-bond acceptors (Lipinski definition) is 6. The maximum atomic E-state index is 11.1. The molecule has 3 rings (SSSR count). The zero-order valence-electron chi connectivity index (χ0n) is 16.4. The van der Waals surface area contributed by atoms with E-state index in [2.05, 4.69) is 35.3 Å². The Kier molecular flexibility index (Phi) is 6.46. The molecule has 0 unspecified atom stereocenters. The minimum absolute atomic E-state index is 0.273. The Balaban J connectivity index is 1.55. The minimum Gasteiger partial charge on any atom is -0.380 e. The first-order valence-electron chi connectivity index (χ1n) is 10.1. The number of nitrogens with zero attached hydrogens (tertiary/aromatic N) is 3. The normalized spacial score (nSPS) is 27.1. The van der Waals surface area contributed by atoms with E-state index in [0.717, 1.165) is 45.4 Å². The van der Waals surface area contributed by atoms with Crippen LogP contribution in [-0.2, 0) is 4.74 Å². The number of anilines is 1. The van der Waals surface area contributed by atoms with Crippen LogP contribution in [0, 0.1) is 16.2 Å². The molecule has 0 amide bonds. The number of ether oxygens (including phenoxy) is 1. The summed E-state index contributed by atoms with van der Waals surface area (Å²) < 4.78 is 5.80. The zero-order chi connectivity index (χ0) is 19.3. The molecule has 1 aromatic rings. The van der Waals surface area contributed by atoms with Crippen molar-refractivity contribution in [2.24, 2.45) is 5.18 Å². The number of nitroso groups, excluding NO2 is 1. The molecule has 0 bridgehead atoms. The van der Waals surface area contributed by atoms with Gasteiger partial charge in [-0.3, -0.25) is 4.90 Å². The van der Waals surface area contributed by atoms with Crippen LogP contribution in [0.2, 0.25) is 0 Å². The molecule has 1 aliphatic heterocycles. The van der Waals surface area contributed by atoms with Crippen LogP contribution in [0.5, 0.6) is 0 Å². The summed E-state index contributed by atoms with van der Waals surface area (Å²) in [4.78, 5) is 13.7. The van der Waals surface area contributed by atoms with Crippen molar-refractivity contribution < 1.29 is 4.74 Å². The van der Waals surface area contributed by atoms with Crippen LogP contribution in [0.25, 0.3) is 0 Å². The van der Waals surface area contributed by atoms with Gasteiger partial charge in [-0.2, -0.15) is 5.26 Å². The van der Waals surface area contributed by atoms with Gasteiger partial charge in [0.15, 0.2) is 0 Å². The van der Waals surface area contributed by atoms with Gasteiger partial charge in [-0.05, 0) is 75.7 Å². The summed E-state index contributed by atoms with van der Waals surface area (Å²) in [5, 5.41) is 15.6. The van der Waals surface area contributed by atoms with E-state index in [1.165, 1.54) is 12.8 Å². The fourth-order valence-electron chi connectivity index (χ4n) is 4.52. The Bertz CT molecular complexity index is 684. The molecule has 1 N–H and O–H groups in total. The highest BCUT2D eigenvalue weighted by molar-refractivity contribution is 5.68. The zero-order valence-corrected chi connectivity index (χ0v) is 16.4. The monoisotopic (exact) mass is 370 g/mol. The van der Waals surface area contributed by atoms with Gasteiger partial charge in [0.1, 0.15) is 5.69 Å². The molecule has 1 heterocycles. The topological polar surface area (TPSA) is 77.7 Å². The second kappa shape index (κ2) is 8.81. The molecule has 0 spiro atoms. The number of likely N-dealkylation sites (tertiary alicyclic amines) is 1. The van der Waals surface area contributed by atoms with Crippen molar-refractivity contribution in [3.05, 3.63) is 28.7 Å². The van der Waals surface area contributed by atoms with E-state index in [4.69, 9.17) is 10.00 Å². The number of nitrogens with one attached hydrogen (secondary N) is 1. The summed E-state index contributed by atoms with van der Waals surface area (Å²) in [6, 6.07) is 7.39. The number of piperidine rings is 1. The molecule has 1 saturated carbocycles. The fourth-order valence-corrected chi connectivity index (χ4v) is 4.52. The highest BCUT2D eigenvalue weighted by Crippen LogP contribution is 2.37. The van der Waals surface area contributed by atoms with Crippen molar-refractivity contribution in [3.8, 4) is 6.07 Å². The Labute approximate surface area is 161 Å². The molecule has 0 atom stereocenters. The van der Waals surface area contributed by atoms with Crippen LogP contribution < -0.4 is 5.32 Å². The van der Waals surface area contributed by atoms with E-state index < -0.39 is 0 Å². The molecule has 2 aliphatic rings. The Morgan fingerprint density at radius 3 is 2.59 bits per heavy atom. The quantitative estimate of drug-likeness (QED) is 0.742. The lowest BCUT2D eigenvalue weighted by Gasteiger charge is -2.48. The van der Waals surface area contributed by atoms with E-state index in [1.807, 2.05) is 0 Å². The third-order valence-corrected chi connectivity index (χ3v) is 6.25. The molecular weight excluding hydrogens is 340 g/mol. The summed E-state index contributed by atoms with van der Waals surface area (Å²) in [5.74, 6) is 0. The molecular formula is C21H30N4O2.